The van der Waals surface area contributed by atoms with E-state index < -0.39 is 39.1 Å². The van der Waals surface area contributed by atoms with Crippen LogP contribution in [0.1, 0.15) is 50.4 Å². The van der Waals surface area contributed by atoms with E-state index in [1.54, 1.807) is 0 Å². The van der Waals surface area contributed by atoms with Gasteiger partial charge in [0.25, 0.3) is 15.9 Å². The largest absolute Gasteiger partial charge is 0.452 e. The van der Waals surface area contributed by atoms with E-state index in [0.717, 1.165) is 25.3 Å². The van der Waals surface area contributed by atoms with Crippen LogP contribution in [0.15, 0.2) is 47.4 Å². The predicted molar refractivity (Wildman–Crippen MR) is 125 cm³/mol. The Labute approximate surface area is 203 Å². The molecule has 1 aliphatic heterocycles. The molecule has 4 rings (SSSR count). The van der Waals surface area contributed by atoms with Gasteiger partial charge in [-0.25, -0.2) is 22.0 Å². The predicted octanol–water partition coefficient (Wildman–Crippen LogP) is 4.35. The zero-order valence-electron chi connectivity index (χ0n) is 19.8. The summed E-state index contributed by atoms with van der Waals surface area (Å²) in [4.78, 5) is 26.8. The van der Waals surface area contributed by atoms with Crippen molar-refractivity contribution >= 4 is 27.6 Å². The first-order valence-corrected chi connectivity index (χ1v) is 12.8. The van der Waals surface area contributed by atoms with Gasteiger partial charge in [0.1, 0.15) is 0 Å². The SMILES string of the molecule is CC1(C)C[C@H]2C[C@@](C)(CN2C(=O)COC(=O)c2cccc(NS(=O)(=O)c3ccc(F)c(F)c3)c2)C1. The number of likely N-dealkylation sites (tertiary alicyclic amines) is 1. The van der Waals surface area contributed by atoms with Crippen molar-refractivity contribution < 1.29 is 31.5 Å². The van der Waals surface area contributed by atoms with Crippen molar-refractivity contribution in [3.05, 3.63) is 59.7 Å². The van der Waals surface area contributed by atoms with Crippen LogP contribution in [-0.4, -0.2) is 44.4 Å². The highest BCUT2D eigenvalue weighted by molar-refractivity contribution is 7.92. The summed E-state index contributed by atoms with van der Waals surface area (Å²) in [5.74, 6) is -3.49. The number of carbonyl (C=O) groups is 2. The number of rotatable bonds is 6. The van der Waals surface area contributed by atoms with Crippen molar-refractivity contribution in [1.82, 2.24) is 4.90 Å². The summed E-state index contributed by atoms with van der Waals surface area (Å²) in [6, 6.07) is 7.84. The number of sulfonamides is 1. The lowest BCUT2D eigenvalue weighted by atomic mass is 9.65. The minimum Gasteiger partial charge on any atom is -0.452 e. The molecule has 2 aromatic carbocycles. The van der Waals surface area contributed by atoms with Crippen LogP contribution < -0.4 is 4.72 Å². The molecule has 7 nitrogen and oxygen atoms in total. The van der Waals surface area contributed by atoms with E-state index in [9.17, 15) is 26.8 Å². The van der Waals surface area contributed by atoms with Gasteiger partial charge in [-0.15, -0.1) is 0 Å². The summed E-state index contributed by atoms with van der Waals surface area (Å²) < 4.78 is 59.1. The zero-order valence-corrected chi connectivity index (χ0v) is 20.6. The lowest BCUT2D eigenvalue weighted by molar-refractivity contribution is -0.135. The quantitative estimate of drug-likeness (QED) is 0.588. The van der Waals surface area contributed by atoms with Gasteiger partial charge in [-0.3, -0.25) is 9.52 Å². The average molecular weight is 507 g/mol. The van der Waals surface area contributed by atoms with Gasteiger partial charge < -0.3 is 9.64 Å². The standard InChI is InChI=1S/C25H28F2N2O5S/c1-24(2)11-18-12-25(3,14-24)15-29(18)22(30)13-34-23(31)16-5-4-6-17(9-16)28-35(32,33)19-7-8-20(26)21(27)10-19/h4-10,18,28H,11-15H2,1-3H3/t18-,25+/m0/s1. The fourth-order valence-electron chi connectivity index (χ4n) is 5.61. The molecule has 2 aliphatic rings. The molecule has 2 bridgehead atoms. The van der Waals surface area contributed by atoms with Gasteiger partial charge in [0.05, 0.1) is 10.5 Å². The maximum atomic E-state index is 13.5. The molecule has 1 aliphatic carbocycles. The molecular formula is C25H28F2N2O5S. The number of benzene rings is 2. The summed E-state index contributed by atoms with van der Waals surface area (Å²) in [5.41, 5.74) is 0.275. The molecule has 35 heavy (non-hydrogen) atoms. The van der Waals surface area contributed by atoms with Gasteiger partial charge in [0.2, 0.25) is 0 Å². The van der Waals surface area contributed by atoms with Gasteiger partial charge >= 0.3 is 5.97 Å². The van der Waals surface area contributed by atoms with Gasteiger partial charge in [0.15, 0.2) is 18.2 Å². The first-order chi connectivity index (χ1) is 16.3. The van der Waals surface area contributed by atoms with Gasteiger partial charge in [-0.05, 0) is 66.5 Å². The third kappa shape index (κ3) is 5.47. The molecule has 1 amide bonds. The van der Waals surface area contributed by atoms with E-state index in [-0.39, 0.29) is 34.0 Å². The van der Waals surface area contributed by atoms with Gasteiger partial charge in [-0.1, -0.05) is 26.8 Å². The number of nitrogens with zero attached hydrogens (tertiary/aromatic N) is 1. The van der Waals surface area contributed by atoms with E-state index >= 15 is 0 Å². The number of halogens is 2. The van der Waals surface area contributed by atoms with Crippen LogP contribution >= 0.6 is 0 Å². The molecule has 0 unspecified atom stereocenters. The van der Waals surface area contributed by atoms with Crippen molar-refractivity contribution in [3.63, 3.8) is 0 Å². The minimum atomic E-state index is -4.23. The monoisotopic (exact) mass is 506 g/mol. The molecule has 1 saturated carbocycles. The molecule has 2 aromatic rings. The van der Waals surface area contributed by atoms with Gasteiger partial charge in [0, 0.05) is 18.3 Å². The number of anilines is 1. The third-order valence-electron chi connectivity index (χ3n) is 6.61. The number of amides is 1. The van der Waals surface area contributed by atoms with Crippen molar-refractivity contribution in [2.24, 2.45) is 10.8 Å². The number of hydrogen-bond donors (Lipinski definition) is 1. The highest BCUT2D eigenvalue weighted by Gasteiger charge is 2.50. The van der Waals surface area contributed by atoms with E-state index in [0.29, 0.717) is 18.7 Å². The Morgan fingerprint density at radius 2 is 1.83 bits per heavy atom. The molecule has 2 atom stereocenters. The van der Waals surface area contributed by atoms with Crippen molar-refractivity contribution in [1.29, 1.82) is 0 Å². The van der Waals surface area contributed by atoms with Crippen LogP contribution in [0.5, 0.6) is 0 Å². The van der Waals surface area contributed by atoms with E-state index in [4.69, 9.17) is 4.74 Å². The smallest absolute Gasteiger partial charge is 0.338 e. The fourth-order valence-corrected chi connectivity index (χ4v) is 6.67. The van der Waals surface area contributed by atoms with E-state index in [1.165, 1.54) is 24.3 Å². The second-order valence-corrected chi connectivity index (χ2v) is 12.3. The highest BCUT2D eigenvalue weighted by atomic mass is 32.2. The normalized spacial score (nSPS) is 23.1. The van der Waals surface area contributed by atoms with Crippen LogP contribution in [0.2, 0.25) is 0 Å². The second kappa shape index (κ2) is 8.89. The molecule has 1 N–H and O–H groups in total. The van der Waals surface area contributed by atoms with E-state index in [1.807, 2.05) is 4.90 Å². The molecule has 1 saturated heterocycles. The molecule has 0 aromatic heterocycles. The number of ether oxygens (including phenoxy) is 1. The van der Waals surface area contributed by atoms with Crippen molar-refractivity contribution in [3.8, 4) is 0 Å². The van der Waals surface area contributed by atoms with Crippen LogP contribution in [-0.2, 0) is 19.6 Å². The molecular weight excluding hydrogens is 478 g/mol. The topological polar surface area (TPSA) is 92.8 Å². The molecule has 0 radical (unpaired) electrons. The Morgan fingerprint density at radius 1 is 1.09 bits per heavy atom. The Bertz CT molecular complexity index is 1280. The second-order valence-electron chi connectivity index (χ2n) is 10.6. The van der Waals surface area contributed by atoms with Crippen LogP contribution in [0.25, 0.3) is 0 Å². The van der Waals surface area contributed by atoms with Crippen molar-refractivity contribution in [2.75, 3.05) is 17.9 Å². The summed E-state index contributed by atoms with van der Waals surface area (Å²) in [5, 5.41) is 0. The Kier molecular flexibility index (Phi) is 6.37. The lowest BCUT2D eigenvalue weighted by Crippen LogP contribution is -2.39. The first-order valence-electron chi connectivity index (χ1n) is 11.3. The molecule has 1 heterocycles. The third-order valence-corrected chi connectivity index (χ3v) is 7.99. The molecule has 10 heteroatoms. The Hall–Kier alpha value is -3.01. The van der Waals surface area contributed by atoms with Crippen LogP contribution in [0, 0.1) is 22.5 Å². The molecule has 188 valence electrons. The summed E-state index contributed by atoms with van der Waals surface area (Å²) in [6.45, 7) is 6.83. The fraction of sp³-hybridized carbons (Fsp3) is 0.440. The number of carbonyl (C=O) groups excluding carboxylic acids is 2. The lowest BCUT2D eigenvalue weighted by Gasteiger charge is -2.39. The first kappa shape index (κ1) is 25.1. The number of hydrogen-bond acceptors (Lipinski definition) is 5. The number of esters is 1. The van der Waals surface area contributed by atoms with Gasteiger partial charge in [-0.2, -0.15) is 0 Å². The average Bonchev–Trinajstić information content (AvgIpc) is 3.02. The van der Waals surface area contributed by atoms with Crippen molar-refractivity contribution in [2.45, 2.75) is 51.0 Å². The highest BCUT2D eigenvalue weighted by Crippen LogP contribution is 2.52. The van der Waals surface area contributed by atoms with Crippen LogP contribution in [0.3, 0.4) is 0 Å². The molecule has 0 spiro atoms. The summed E-state index contributed by atoms with van der Waals surface area (Å²) in [7, 11) is -4.23. The number of fused-ring (bicyclic) bond motifs is 2. The number of nitrogens with one attached hydrogen (secondary N) is 1. The van der Waals surface area contributed by atoms with Crippen LogP contribution in [0.4, 0.5) is 14.5 Å². The summed E-state index contributed by atoms with van der Waals surface area (Å²) >= 11 is 0. The Morgan fingerprint density at radius 3 is 2.54 bits per heavy atom. The summed E-state index contributed by atoms with van der Waals surface area (Å²) in [6.07, 6.45) is 2.88. The van der Waals surface area contributed by atoms with E-state index in [2.05, 4.69) is 25.5 Å². The minimum absolute atomic E-state index is 0.0269. The Balaban J connectivity index is 1.39. The zero-order chi connectivity index (χ0) is 25.6. The maximum absolute atomic E-state index is 13.5. The maximum Gasteiger partial charge on any atom is 0.338 e. The molecule has 2 fully saturated rings.